The maximum atomic E-state index is 10.9. The Kier molecular flexibility index (Phi) is 2.96. The summed E-state index contributed by atoms with van der Waals surface area (Å²) in [6, 6.07) is 7.16. The van der Waals surface area contributed by atoms with Crippen molar-refractivity contribution in [3.63, 3.8) is 0 Å². The monoisotopic (exact) mass is 289 g/mol. The van der Waals surface area contributed by atoms with Gasteiger partial charge in [-0.2, -0.15) is 0 Å². The van der Waals surface area contributed by atoms with Crippen LogP contribution in [-0.2, 0) is 0 Å². The Morgan fingerprint density at radius 2 is 2.20 bits per heavy atom. The molecule has 0 unspecified atom stereocenters. The number of aromatic carboxylic acids is 1. The minimum absolute atomic E-state index is 0.110. The molecule has 0 aliphatic rings. The van der Waals surface area contributed by atoms with Gasteiger partial charge < -0.3 is 10.4 Å². The number of nitrogens with zero attached hydrogens (tertiary/aromatic N) is 3. The second-order valence-corrected chi connectivity index (χ2v) is 4.46. The number of fused-ring (bicyclic) bond motifs is 1. The normalized spacial score (nSPS) is 10.7. The highest BCUT2D eigenvalue weighted by molar-refractivity contribution is 6.31. The van der Waals surface area contributed by atoms with Crippen molar-refractivity contribution in [1.29, 1.82) is 0 Å². The number of nitrogens with one attached hydrogen (secondary N) is 2. The summed E-state index contributed by atoms with van der Waals surface area (Å²) in [6.07, 6.45) is 1.57. The van der Waals surface area contributed by atoms with Gasteiger partial charge in [-0.1, -0.05) is 22.9 Å². The average molecular weight is 290 g/mol. The molecule has 0 saturated carbocycles. The summed E-state index contributed by atoms with van der Waals surface area (Å²) >= 11 is 5.89. The predicted molar refractivity (Wildman–Crippen MR) is 73.4 cm³/mol. The topological polar surface area (TPSA) is 104 Å². The van der Waals surface area contributed by atoms with E-state index in [0.29, 0.717) is 10.7 Å². The molecule has 0 aliphatic heterocycles. The van der Waals surface area contributed by atoms with Gasteiger partial charge in [0.15, 0.2) is 11.5 Å². The number of carboxylic acid groups (broad SMARTS) is 1. The van der Waals surface area contributed by atoms with E-state index in [0.717, 1.165) is 10.9 Å². The van der Waals surface area contributed by atoms with Gasteiger partial charge in [-0.25, -0.2) is 9.89 Å². The Labute approximate surface area is 117 Å². The molecule has 2 aromatic heterocycles. The van der Waals surface area contributed by atoms with Crippen LogP contribution in [-0.4, -0.2) is 31.5 Å². The summed E-state index contributed by atoms with van der Waals surface area (Å²) in [5.74, 6) is -1.01. The molecule has 100 valence electrons. The number of hydrogen-bond acceptors (Lipinski definition) is 5. The highest BCUT2D eigenvalue weighted by Crippen LogP contribution is 2.22. The number of H-pyrrole nitrogens is 1. The van der Waals surface area contributed by atoms with Gasteiger partial charge in [0, 0.05) is 10.4 Å². The lowest BCUT2D eigenvalue weighted by atomic mass is 10.2. The van der Waals surface area contributed by atoms with Gasteiger partial charge in [-0.05, 0) is 18.2 Å². The number of hydrogen-bond donors (Lipinski definition) is 3. The quantitative estimate of drug-likeness (QED) is 0.684. The standard InChI is InChI=1S/C12H8ClN5O2/c13-7-2-1-6-3-8(5-14-9(6)4-7)15-11-10(12(19)20)16-18-17-11/h1-5H,(H,19,20)(H2,15,16,17,18). The zero-order valence-electron chi connectivity index (χ0n) is 9.96. The van der Waals surface area contributed by atoms with Crippen molar-refractivity contribution in [3.05, 3.63) is 41.2 Å². The van der Waals surface area contributed by atoms with Crippen molar-refractivity contribution in [2.24, 2.45) is 0 Å². The molecule has 1 aromatic carbocycles. The third-order valence-electron chi connectivity index (χ3n) is 2.67. The van der Waals surface area contributed by atoms with Crippen LogP contribution in [0.15, 0.2) is 30.5 Å². The Balaban J connectivity index is 1.96. The van der Waals surface area contributed by atoms with Gasteiger partial charge in [0.1, 0.15) is 0 Å². The molecule has 0 aliphatic carbocycles. The molecule has 20 heavy (non-hydrogen) atoms. The van der Waals surface area contributed by atoms with Crippen LogP contribution in [0.1, 0.15) is 10.5 Å². The van der Waals surface area contributed by atoms with Gasteiger partial charge in [-0.15, -0.1) is 5.10 Å². The van der Waals surface area contributed by atoms with E-state index >= 15 is 0 Å². The first kappa shape index (κ1) is 12.4. The summed E-state index contributed by atoms with van der Waals surface area (Å²) in [7, 11) is 0. The van der Waals surface area contributed by atoms with Gasteiger partial charge in [0.2, 0.25) is 0 Å². The second-order valence-electron chi connectivity index (χ2n) is 4.03. The van der Waals surface area contributed by atoms with Gasteiger partial charge in [-0.3, -0.25) is 4.98 Å². The third-order valence-corrected chi connectivity index (χ3v) is 2.91. The summed E-state index contributed by atoms with van der Waals surface area (Å²) in [6.45, 7) is 0. The van der Waals surface area contributed by atoms with Crippen LogP contribution in [0.2, 0.25) is 5.02 Å². The van der Waals surface area contributed by atoms with Crippen LogP contribution in [0, 0.1) is 0 Å². The van der Waals surface area contributed by atoms with E-state index in [2.05, 4.69) is 25.7 Å². The molecular weight excluding hydrogens is 282 g/mol. The molecule has 0 radical (unpaired) electrons. The summed E-state index contributed by atoms with van der Waals surface area (Å²) in [4.78, 5) is 15.2. The number of aromatic amines is 1. The molecule has 0 spiro atoms. The minimum Gasteiger partial charge on any atom is -0.476 e. The first-order chi connectivity index (χ1) is 9.63. The maximum absolute atomic E-state index is 10.9. The molecule has 3 N–H and O–H groups in total. The number of carboxylic acids is 1. The van der Waals surface area contributed by atoms with E-state index in [1.165, 1.54) is 0 Å². The van der Waals surface area contributed by atoms with Gasteiger partial charge in [0.25, 0.3) is 0 Å². The van der Waals surface area contributed by atoms with Crippen molar-refractivity contribution in [3.8, 4) is 0 Å². The Morgan fingerprint density at radius 3 is 3.00 bits per heavy atom. The van der Waals surface area contributed by atoms with E-state index in [1.54, 1.807) is 18.3 Å². The molecular formula is C12H8ClN5O2. The summed E-state index contributed by atoms with van der Waals surface area (Å²) < 4.78 is 0. The molecule has 0 bridgehead atoms. The molecule has 0 amide bonds. The summed E-state index contributed by atoms with van der Waals surface area (Å²) in [5.41, 5.74) is 1.25. The first-order valence-electron chi connectivity index (χ1n) is 5.60. The summed E-state index contributed by atoms with van der Waals surface area (Å²) in [5, 5.41) is 22.7. The lowest BCUT2D eigenvalue weighted by Crippen LogP contribution is -2.02. The van der Waals surface area contributed by atoms with Crippen LogP contribution in [0.3, 0.4) is 0 Å². The van der Waals surface area contributed by atoms with E-state index in [1.807, 2.05) is 12.1 Å². The molecule has 3 aromatic rings. The molecule has 0 saturated heterocycles. The fourth-order valence-corrected chi connectivity index (χ4v) is 1.93. The van der Waals surface area contributed by atoms with Crippen LogP contribution in [0.5, 0.6) is 0 Å². The lowest BCUT2D eigenvalue weighted by Gasteiger charge is -2.05. The van der Waals surface area contributed by atoms with Gasteiger partial charge in [0.05, 0.1) is 17.4 Å². The fraction of sp³-hybridized carbons (Fsp3) is 0. The molecule has 2 heterocycles. The van der Waals surface area contributed by atoms with Gasteiger partial charge >= 0.3 is 5.97 Å². The Bertz CT molecular complexity index is 801. The van der Waals surface area contributed by atoms with Crippen molar-refractivity contribution >= 4 is 40.0 Å². The van der Waals surface area contributed by atoms with Crippen molar-refractivity contribution in [2.75, 3.05) is 5.32 Å². The van der Waals surface area contributed by atoms with Crippen molar-refractivity contribution in [1.82, 2.24) is 20.4 Å². The maximum Gasteiger partial charge on any atom is 0.357 e. The molecule has 8 heteroatoms. The highest BCUT2D eigenvalue weighted by atomic mass is 35.5. The average Bonchev–Trinajstić information content (AvgIpc) is 2.87. The zero-order valence-corrected chi connectivity index (χ0v) is 10.7. The Morgan fingerprint density at radius 1 is 1.35 bits per heavy atom. The number of benzene rings is 1. The molecule has 0 fully saturated rings. The molecule has 7 nitrogen and oxygen atoms in total. The van der Waals surface area contributed by atoms with Crippen LogP contribution >= 0.6 is 11.6 Å². The minimum atomic E-state index is -1.14. The van der Waals surface area contributed by atoms with E-state index in [-0.39, 0.29) is 11.5 Å². The Hall–Kier alpha value is -2.67. The van der Waals surface area contributed by atoms with Crippen LogP contribution in [0.25, 0.3) is 10.9 Å². The number of carbonyl (C=O) groups is 1. The SMILES string of the molecule is O=C(O)c1[nH]nnc1Nc1cnc2cc(Cl)ccc2c1. The molecule has 0 atom stereocenters. The van der Waals surface area contributed by atoms with Crippen LogP contribution < -0.4 is 5.32 Å². The largest absolute Gasteiger partial charge is 0.476 e. The fourth-order valence-electron chi connectivity index (χ4n) is 1.76. The van der Waals surface area contributed by atoms with E-state index in [4.69, 9.17) is 16.7 Å². The van der Waals surface area contributed by atoms with Crippen LogP contribution in [0.4, 0.5) is 11.5 Å². The number of aromatic nitrogens is 4. The van der Waals surface area contributed by atoms with Crippen molar-refractivity contribution < 1.29 is 9.90 Å². The van der Waals surface area contributed by atoms with Crippen molar-refractivity contribution in [2.45, 2.75) is 0 Å². The number of anilines is 2. The smallest absolute Gasteiger partial charge is 0.357 e. The second kappa shape index (κ2) is 4.78. The predicted octanol–water partition coefficient (Wildman–Crippen LogP) is 2.45. The number of rotatable bonds is 3. The number of halogens is 1. The third kappa shape index (κ3) is 2.26. The first-order valence-corrected chi connectivity index (χ1v) is 5.98. The molecule has 3 rings (SSSR count). The zero-order chi connectivity index (χ0) is 14.1. The highest BCUT2D eigenvalue weighted by Gasteiger charge is 2.14. The van der Waals surface area contributed by atoms with E-state index in [9.17, 15) is 4.79 Å². The number of pyridine rings is 1. The van der Waals surface area contributed by atoms with E-state index < -0.39 is 5.97 Å². The lowest BCUT2D eigenvalue weighted by molar-refractivity contribution is 0.0691.